The third-order valence-electron chi connectivity index (χ3n) is 2.38. The van der Waals surface area contributed by atoms with Crippen LogP contribution in [0.4, 0.5) is 0 Å². The molecule has 0 saturated heterocycles. The van der Waals surface area contributed by atoms with Crippen LogP contribution in [0.2, 0.25) is 4.34 Å². The second-order valence-electron chi connectivity index (χ2n) is 3.53. The van der Waals surface area contributed by atoms with Crippen LogP contribution in [0, 0.1) is 0 Å². The largest absolute Gasteiger partial charge is 0.481 e. The van der Waals surface area contributed by atoms with Crippen molar-refractivity contribution in [2.75, 3.05) is 7.11 Å². The van der Waals surface area contributed by atoms with Crippen molar-refractivity contribution in [3.8, 4) is 5.88 Å². The minimum Gasteiger partial charge on any atom is -0.481 e. The molecule has 0 fully saturated rings. The van der Waals surface area contributed by atoms with Gasteiger partial charge in [0.05, 0.1) is 17.6 Å². The number of ether oxygens (including phenoxy) is 1. The third-order valence-corrected chi connectivity index (χ3v) is 3.63. The number of aromatic nitrogens is 1. The summed E-state index contributed by atoms with van der Waals surface area (Å²) in [5.41, 5.74) is 0.694. The molecule has 0 radical (unpaired) electrons. The van der Waals surface area contributed by atoms with E-state index in [2.05, 4.69) is 4.98 Å². The number of aliphatic hydroxyl groups excluding tert-OH is 1. The van der Waals surface area contributed by atoms with Crippen molar-refractivity contribution < 1.29 is 9.84 Å². The summed E-state index contributed by atoms with van der Waals surface area (Å²) in [4.78, 5) is 5.10. The Balaban J connectivity index is 2.16. The molecule has 17 heavy (non-hydrogen) atoms. The van der Waals surface area contributed by atoms with Gasteiger partial charge in [-0.2, -0.15) is 0 Å². The first-order chi connectivity index (χ1) is 8.20. The zero-order chi connectivity index (χ0) is 12.3. The number of methoxy groups -OCH3 is 1. The number of hydrogen-bond acceptors (Lipinski definition) is 4. The monoisotopic (exact) mass is 269 g/mol. The first-order valence-corrected chi connectivity index (χ1v) is 6.31. The molecule has 2 rings (SSSR count). The zero-order valence-corrected chi connectivity index (χ0v) is 10.8. The van der Waals surface area contributed by atoms with Crippen LogP contribution in [0.1, 0.15) is 16.5 Å². The van der Waals surface area contributed by atoms with Gasteiger partial charge in [-0.05, 0) is 24.3 Å². The predicted octanol–water partition coefficient (Wildman–Crippen LogP) is 3.08. The van der Waals surface area contributed by atoms with E-state index in [1.165, 1.54) is 11.3 Å². The molecule has 0 aliphatic heterocycles. The fraction of sp³-hybridized carbons (Fsp3) is 0.250. The lowest BCUT2D eigenvalue weighted by Gasteiger charge is -2.12. The number of halogens is 1. The molecule has 0 aliphatic rings. The first kappa shape index (κ1) is 12.4. The van der Waals surface area contributed by atoms with Gasteiger partial charge in [0.1, 0.15) is 0 Å². The quantitative estimate of drug-likeness (QED) is 0.928. The number of thiophene rings is 1. The van der Waals surface area contributed by atoms with Gasteiger partial charge >= 0.3 is 0 Å². The summed E-state index contributed by atoms with van der Waals surface area (Å²) in [6.45, 7) is 0. The fourth-order valence-corrected chi connectivity index (χ4v) is 2.71. The molecule has 1 atom stereocenters. The Morgan fingerprint density at radius 1 is 1.47 bits per heavy atom. The summed E-state index contributed by atoms with van der Waals surface area (Å²) in [6.07, 6.45) is 1.52. The lowest BCUT2D eigenvalue weighted by atomic mass is 10.1. The Morgan fingerprint density at radius 3 is 2.94 bits per heavy atom. The number of nitrogens with zero attached hydrogens (tertiary/aromatic N) is 1. The van der Waals surface area contributed by atoms with E-state index in [0.717, 1.165) is 9.21 Å². The van der Waals surface area contributed by atoms with Crippen LogP contribution in [0.3, 0.4) is 0 Å². The van der Waals surface area contributed by atoms with Gasteiger partial charge in [0.25, 0.3) is 0 Å². The van der Waals surface area contributed by atoms with Gasteiger partial charge in [-0.3, -0.25) is 0 Å². The van der Waals surface area contributed by atoms with Crippen LogP contribution in [0.25, 0.3) is 0 Å². The zero-order valence-electron chi connectivity index (χ0n) is 9.26. The van der Waals surface area contributed by atoms with E-state index >= 15 is 0 Å². The van der Waals surface area contributed by atoms with Crippen molar-refractivity contribution in [1.29, 1.82) is 0 Å². The van der Waals surface area contributed by atoms with E-state index in [-0.39, 0.29) is 0 Å². The standard InChI is InChI=1S/C12H12ClNO2S/c1-16-12-9(3-2-6-14-12)10(15)7-8-4-5-11(13)17-8/h2-6,10,15H,7H2,1H3. The SMILES string of the molecule is COc1ncccc1C(O)Cc1ccc(Cl)s1. The van der Waals surface area contributed by atoms with Crippen LogP contribution < -0.4 is 4.74 Å². The minimum absolute atomic E-state index is 0.461. The molecule has 0 aromatic carbocycles. The summed E-state index contributed by atoms with van der Waals surface area (Å²) in [5.74, 6) is 0.461. The fourth-order valence-electron chi connectivity index (χ4n) is 1.59. The molecule has 0 aliphatic carbocycles. The molecule has 1 unspecified atom stereocenters. The molecule has 1 N–H and O–H groups in total. The average Bonchev–Trinajstić information content (AvgIpc) is 2.74. The van der Waals surface area contributed by atoms with Crippen molar-refractivity contribution in [2.24, 2.45) is 0 Å². The number of hydrogen-bond donors (Lipinski definition) is 1. The van der Waals surface area contributed by atoms with E-state index < -0.39 is 6.10 Å². The summed E-state index contributed by atoms with van der Waals surface area (Å²) in [6, 6.07) is 7.34. The summed E-state index contributed by atoms with van der Waals surface area (Å²) < 4.78 is 5.84. The first-order valence-electron chi connectivity index (χ1n) is 5.12. The van der Waals surface area contributed by atoms with Crippen LogP contribution in [0.15, 0.2) is 30.5 Å². The molecule has 5 heteroatoms. The molecule has 2 aromatic heterocycles. The molecule has 0 saturated carbocycles. The summed E-state index contributed by atoms with van der Waals surface area (Å²) >= 11 is 7.32. The lowest BCUT2D eigenvalue weighted by Crippen LogP contribution is -2.04. The second kappa shape index (κ2) is 5.49. The van der Waals surface area contributed by atoms with Crippen molar-refractivity contribution in [3.63, 3.8) is 0 Å². The predicted molar refractivity (Wildman–Crippen MR) is 68.8 cm³/mol. The third kappa shape index (κ3) is 2.97. The topological polar surface area (TPSA) is 42.4 Å². The number of aliphatic hydroxyl groups is 1. The van der Waals surface area contributed by atoms with Gasteiger partial charge in [-0.1, -0.05) is 11.6 Å². The second-order valence-corrected chi connectivity index (χ2v) is 5.33. The Morgan fingerprint density at radius 2 is 2.29 bits per heavy atom. The Hall–Kier alpha value is -1.10. The van der Waals surface area contributed by atoms with E-state index in [4.69, 9.17) is 16.3 Å². The molecule has 2 heterocycles. The minimum atomic E-state index is -0.631. The molecular formula is C12H12ClNO2S. The maximum atomic E-state index is 10.1. The van der Waals surface area contributed by atoms with Gasteiger partial charge in [0.15, 0.2) is 0 Å². The normalized spacial score (nSPS) is 12.4. The van der Waals surface area contributed by atoms with Gasteiger partial charge in [-0.15, -0.1) is 11.3 Å². The van der Waals surface area contributed by atoms with Crippen LogP contribution in [0.5, 0.6) is 5.88 Å². The molecule has 0 bridgehead atoms. The van der Waals surface area contributed by atoms with E-state index in [0.29, 0.717) is 17.9 Å². The van der Waals surface area contributed by atoms with Crippen molar-refractivity contribution in [3.05, 3.63) is 45.2 Å². The van der Waals surface area contributed by atoms with E-state index in [1.807, 2.05) is 18.2 Å². The highest BCUT2D eigenvalue weighted by atomic mass is 35.5. The van der Waals surface area contributed by atoms with E-state index in [1.54, 1.807) is 19.4 Å². The molecule has 2 aromatic rings. The smallest absolute Gasteiger partial charge is 0.218 e. The molecule has 0 spiro atoms. The Bertz CT molecular complexity index is 501. The highest BCUT2D eigenvalue weighted by molar-refractivity contribution is 7.16. The van der Waals surface area contributed by atoms with Gasteiger partial charge < -0.3 is 9.84 Å². The van der Waals surface area contributed by atoms with Crippen molar-refractivity contribution in [2.45, 2.75) is 12.5 Å². The van der Waals surface area contributed by atoms with Gasteiger partial charge in [0, 0.05) is 23.1 Å². The summed E-state index contributed by atoms with van der Waals surface area (Å²) in [5, 5.41) is 10.1. The van der Waals surface area contributed by atoms with E-state index in [9.17, 15) is 5.11 Å². The van der Waals surface area contributed by atoms with Crippen molar-refractivity contribution >= 4 is 22.9 Å². The van der Waals surface area contributed by atoms with Crippen LogP contribution >= 0.6 is 22.9 Å². The molecule has 90 valence electrons. The van der Waals surface area contributed by atoms with Crippen molar-refractivity contribution in [1.82, 2.24) is 4.98 Å². The van der Waals surface area contributed by atoms with Gasteiger partial charge in [0.2, 0.25) is 5.88 Å². The number of rotatable bonds is 4. The highest BCUT2D eigenvalue weighted by Gasteiger charge is 2.15. The lowest BCUT2D eigenvalue weighted by molar-refractivity contribution is 0.174. The Kier molecular flexibility index (Phi) is 3.99. The number of pyridine rings is 1. The maximum absolute atomic E-state index is 10.1. The Labute approximate surface area is 109 Å². The molecule has 0 amide bonds. The van der Waals surface area contributed by atoms with Gasteiger partial charge in [-0.25, -0.2) is 4.98 Å². The summed E-state index contributed by atoms with van der Waals surface area (Å²) in [7, 11) is 1.54. The highest BCUT2D eigenvalue weighted by Crippen LogP contribution is 2.29. The molecule has 3 nitrogen and oxygen atoms in total. The molecular weight excluding hydrogens is 258 g/mol. The maximum Gasteiger partial charge on any atom is 0.218 e. The van der Waals surface area contributed by atoms with Crippen LogP contribution in [-0.2, 0) is 6.42 Å². The average molecular weight is 270 g/mol. The van der Waals surface area contributed by atoms with Crippen LogP contribution in [-0.4, -0.2) is 17.2 Å².